The summed E-state index contributed by atoms with van der Waals surface area (Å²) in [5, 5.41) is 21.8. The zero-order valence-electron chi connectivity index (χ0n) is 10.4. The molecule has 2 aromatic rings. The second-order valence-electron chi connectivity index (χ2n) is 4.02. The maximum Gasteiger partial charge on any atom is 0.339 e. The van der Waals surface area contributed by atoms with E-state index in [0.717, 1.165) is 5.56 Å². The molecule has 0 unspecified atom stereocenters. The molecule has 6 heteroatoms. The van der Waals surface area contributed by atoms with Crippen molar-refractivity contribution >= 4 is 5.97 Å². The van der Waals surface area contributed by atoms with Crippen LogP contribution in [0.4, 0.5) is 0 Å². The molecular formula is C13H14N2O4. The number of aromatic nitrogens is 2. The molecule has 100 valence electrons. The molecule has 0 spiro atoms. The van der Waals surface area contributed by atoms with Gasteiger partial charge in [0.1, 0.15) is 17.9 Å². The highest BCUT2D eigenvalue weighted by atomic mass is 16.5. The van der Waals surface area contributed by atoms with Crippen LogP contribution in [0.25, 0.3) is 0 Å². The van der Waals surface area contributed by atoms with Gasteiger partial charge in [-0.1, -0.05) is 12.1 Å². The number of aryl methyl sites for hydroxylation is 1. The minimum Gasteiger partial charge on any atom is -0.487 e. The Hall–Kier alpha value is -2.34. The van der Waals surface area contributed by atoms with Crippen LogP contribution >= 0.6 is 0 Å². The molecule has 2 N–H and O–H groups in total. The van der Waals surface area contributed by atoms with E-state index >= 15 is 0 Å². The number of nitrogens with zero attached hydrogens (tertiary/aromatic N) is 2. The van der Waals surface area contributed by atoms with Gasteiger partial charge in [-0.15, -0.1) is 0 Å². The molecule has 0 aliphatic rings. The standard InChI is InChI=1S/C13H14N2O4/c1-15-12(11(6-14-15)13(17)18)8-19-10-4-2-9(7-16)3-5-10/h2-6,16H,7-8H2,1H3,(H,17,18). The van der Waals surface area contributed by atoms with Crippen molar-refractivity contribution in [1.82, 2.24) is 9.78 Å². The molecule has 1 aromatic carbocycles. The molecule has 1 aromatic heterocycles. The first-order chi connectivity index (χ1) is 9.11. The van der Waals surface area contributed by atoms with Gasteiger partial charge >= 0.3 is 5.97 Å². The van der Waals surface area contributed by atoms with Crippen LogP contribution in [-0.2, 0) is 20.3 Å². The van der Waals surface area contributed by atoms with Gasteiger partial charge in [-0.2, -0.15) is 5.10 Å². The quantitative estimate of drug-likeness (QED) is 0.845. The summed E-state index contributed by atoms with van der Waals surface area (Å²) in [7, 11) is 1.67. The highest BCUT2D eigenvalue weighted by Crippen LogP contribution is 2.15. The third kappa shape index (κ3) is 2.92. The van der Waals surface area contributed by atoms with E-state index in [2.05, 4.69) is 5.10 Å². The average Bonchev–Trinajstić information content (AvgIpc) is 2.78. The number of hydrogen-bond donors (Lipinski definition) is 2. The molecule has 0 amide bonds. The Kier molecular flexibility index (Phi) is 3.82. The Morgan fingerprint density at radius 3 is 2.63 bits per heavy atom. The van der Waals surface area contributed by atoms with E-state index in [4.69, 9.17) is 14.9 Å². The fourth-order valence-electron chi connectivity index (χ4n) is 1.66. The molecule has 19 heavy (non-hydrogen) atoms. The fraction of sp³-hybridized carbons (Fsp3) is 0.231. The molecule has 0 saturated heterocycles. The first-order valence-electron chi connectivity index (χ1n) is 5.68. The number of rotatable bonds is 5. The normalized spacial score (nSPS) is 10.4. The summed E-state index contributed by atoms with van der Waals surface area (Å²) in [5.41, 5.74) is 1.42. The minimum absolute atomic E-state index is 0.0226. The number of benzene rings is 1. The predicted octanol–water partition coefficient (Wildman–Crippen LogP) is 1.19. The number of ether oxygens (including phenoxy) is 1. The van der Waals surface area contributed by atoms with Crippen molar-refractivity contribution in [2.45, 2.75) is 13.2 Å². The molecule has 0 aliphatic heterocycles. The van der Waals surface area contributed by atoms with Gasteiger partial charge < -0.3 is 14.9 Å². The lowest BCUT2D eigenvalue weighted by Gasteiger charge is -2.08. The summed E-state index contributed by atoms with van der Waals surface area (Å²) in [4.78, 5) is 11.0. The number of carboxylic acid groups (broad SMARTS) is 1. The van der Waals surface area contributed by atoms with Crippen LogP contribution in [0.3, 0.4) is 0 Å². The van der Waals surface area contributed by atoms with E-state index in [9.17, 15) is 4.79 Å². The van der Waals surface area contributed by atoms with Crippen LogP contribution in [-0.4, -0.2) is 26.0 Å². The van der Waals surface area contributed by atoms with Crippen LogP contribution in [0.2, 0.25) is 0 Å². The number of aromatic carboxylic acids is 1. The highest BCUT2D eigenvalue weighted by Gasteiger charge is 2.15. The summed E-state index contributed by atoms with van der Waals surface area (Å²) in [5.74, 6) is -0.419. The van der Waals surface area contributed by atoms with Crippen molar-refractivity contribution in [3.63, 3.8) is 0 Å². The number of aliphatic hydroxyl groups excluding tert-OH is 1. The van der Waals surface area contributed by atoms with Crippen LogP contribution in [0.15, 0.2) is 30.5 Å². The van der Waals surface area contributed by atoms with E-state index in [-0.39, 0.29) is 18.8 Å². The van der Waals surface area contributed by atoms with Gasteiger partial charge in [-0.05, 0) is 17.7 Å². The molecule has 1 heterocycles. The topological polar surface area (TPSA) is 84.6 Å². The van der Waals surface area contributed by atoms with Gasteiger partial charge in [0.05, 0.1) is 18.5 Å². The van der Waals surface area contributed by atoms with Crippen molar-refractivity contribution in [3.05, 3.63) is 47.3 Å². The lowest BCUT2D eigenvalue weighted by Crippen LogP contribution is -2.08. The number of carboxylic acids is 1. The minimum atomic E-state index is -1.03. The third-order valence-electron chi connectivity index (χ3n) is 2.77. The van der Waals surface area contributed by atoms with Gasteiger partial charge in [0, 0.05) is 7.05 Å². The van der Waals surface area contributed by atoms with Crippen molar-refractivity contribution in [2.75, 3.05) is 0 Å². The van der Waals surface area contributed by atoms with Crippen molar-refractivity contribution in [2.24, 2.45) is 7.05 Å². The van der Waals surface area contributed by atoms with Gasteiger partial charge in [0.2, 0.25) is 0 Å². The Bertz CT molecular complexity index is 575. The fourth-order valence-corrected chi connectivity index (χ4v) is 1.66. The summed E-state index contributed by atoms with van der Waals surface area (Å²) >= 11 is 0. The SMILES string of the molecule is Cn1ncc(C(=O)O)c1COc1ccc(CO)cc1. The predicted molar refractivity (Wildman–Crippen MR) is 66.9 cm³/mol. The van der Waals surface area contributed by atoms with Crippen LogP contribution < -0.4 is 4.74 Å². The maximum atomic E-state index is 11.0. The van der Waals surface area contributed by atoms with E-state index in [0.29, 0.717) is 11.4 Å². The lowest BCUT2D eigenvalue weighted by molar-refractivity contribution is 0.0693. The van der Waals surface area contributed by atoms with Crippen molar-refractivity contribution in [3.8, 4) is 5.75 Å². The van der Waals surface area contributed by atoms with Gasteiger partial charge in [-0.3, -0.25) is 4.68 Å². The summed E-state index contributed by atoms with van der Waals surface area (Å²) < 4.78 is 6.99. The largest absolute Gasteiger partial charge is 0.487 e. The van der Waals surface area contributed by atoms with Gasteiger partial charge in [-0.25, -0.2) is 4.79 Å². The molecule has 0 radical (unpaired) electrons. The van der Waals surface area contributed by atoms with E-state index < -0.39 is 5.97 Å². The smallest absolute Gasteiger partial charge is 0.339 e. The molecule has 0 atom stereocenters. The van der Waals surface area contributed by atoms with Crippen LogP contribution in [0.5, 0.6) is 5.75 Å². The number of hydrogen-bond acceptors (Lipinski definition) is 4. The van der Waals surface area contributed by atoms with E-state index in [1.165, 1.54) is 10.9 Å². The van der Waals surface area contributed by atoms with Crippen molar-refractivity contribution < 1.29 is 19.7 Å². The Labute approximate surface area is 109 Å². The molecule has 0 aliphatic carbocycles. The first kappa shape index (κ1) is 13.1. The first-order valence-corrected chi connectivity index (χ1v) is 5.68. The molecule has 0 bridgehead atoms. The summed E-state index contributed by atoms with van der Waals surface area (Å²) in [6.45, 7) is 0.0990. The van der Waals surface area contributed by atoms with E-state index in [1.54, 1.807) is 31.3 Å². The molecule has 6 nitrogen and oxygen atoms in total. The molecule has 0 saturated carbocycles. The Morgan fingerprint density at radius 2 is 2.05 bits per heavy atom. The number of aliphatic hydroxyl groups is 1. The van der Waals surface area contributed by atoms with Crippen molar-refractivity contribution in [1.29, 1.82) is 0 Å². The summed E-state index contributed by atoms with van der Waals surface area (Å²) in [6, 6.07) is 6.94. The highest BCUT2D eigenvalue weighted by molar-refractivity contribution is 5.88. The second kappa shape index (κ2) is 5.53. The van der Waals surface area contributed by atoms with E-state index in [1.807, 2.05) is 0 Å². The molecular weight excluding hydrogens is 248 g/mol. The number of carbonyl (C=O) groups is 1. The second-order valence-corrected chi connectivity index (χ2v) is 4.02. The monoisotopic (exact) mass is 262 g/mol. The van der Waals surface area contributed by atoms with Gasteiger partial charge in [0.15, 0.2) is 0 Å². The lowest BCUT2D eigenvalue weighted by atomic mass is 10.2. The zero-order valence-corrected chi connectivity index (χ0v) is 10.4. The average molecular weight is 262 g/mol. The zero-order chi connectivity index (χ0) is 13.8. The maximum absolute atomic E-state index is 11.0. The molecule has 2 rings (SSSR count). The van der Waals surface area contributed by atoms with Crippen LogP contribution in [0.1, 0.15) is 21.6 Å². The Morgan fingerprint density at radius 1 is 1.37 bits per heavy atom. The third-order valence-corrected chi connectivity index (χ3v) is 2.77. The van der Waals surface area contributed by atoms with Crippen LogP contribution in [0, 0.1) is 0 Å². The van der Waals surface area contributed by atoms with Gasteiger partial charge in [0.25, 0.3) is 0 Å². The molecule has 0 fully saturated rings. The summed E-state index contributed by atoms with van der Waals surface area (Å²) in [6.07, 6.45) is 1.30. The Balaban J connectivity index is 2.09.